The van der Waals surface area contributed by atoms with Gasteiger partial charge in [0.15, 0.2) is 0 Å². The van der Waals surface area contributed by atoms with Crippen molar-refractivity contribution < 1.29 is 0 Å². The first-order valence-corrected chi connectivity index (χ1v) is 6.62. The smallest absolute Gasteiger partial charge is 0.147 e. The Morgan fingerprint density at radius 2 is 2.00 bits per heavy atom. The minimum Gasteiger partial charge on any atom is -0.355 e. The van der Waals surface area contributed by atoms with Crippen LogP contribution in [0.2, 0.25) is 5.02 Å². The molecule has 0 aliphatic carbocycles. The zero-order valence-electron chi connectivity index (χ0n) is 11.1. The molecule has 0 fully saturated rings. The maximum absolute atomic E-state index is 6.23. The molecule has 1 atom stereocenters. The van der Waals surface area contributed by atoms with Crippen LogP contribution in [0, 0.1) is 5.41 Å². The third-order valence-electron chi connectivity index (χ3n) is 3.20. The first kappa shape index (κ1) is 14.6. The van der Waals surface area contributed by atoms with Gasteiger partial charge in [-0.3, -0.25) is 0 Å². The average molecular weight is 275 g/mol. The molecule has 1 unspecified atom stereocenters. The lowest BCUT2D eigenvalue weighted by Gasteiger charge is -2.36. The minimum absolute atomic E-state index is 0.172. The highest BCUT2D eigenvalue weighted by atomic mass is 35.5. The number of pyridine rings is 1. The molecule has 96 valence electrons. The summed E-state index contributed by atoms with van der Waals surface area (Å²) < 4.78 is 0. The van der Waals surface area contributed by atoms with E-state index >= 15 is 0 Å². The lowest BCUT2D eigenvalue weighted by atomic mass is 9.87. The van der Waals surface area contributed by atoms with Crippen LogP contribution in [0.5, 0.6) is 0 Å². The number of aromatic nitrogens is 1. The van der Waals surface area contributed by atoms with Crippen LogP contribution in [0.4, 0.5) is 5.82 Å². The molecule has 4 heteroatoms. The van der Waals surface area contributed by atoms with Crippen LogP contribution in [0.25, 0.3) is 0 Å². The Morgan fingerprint density at radius 1 is 1.41 bits per heavy atom. The van der Waals surface area contributed by atoms with Crippen molar-refractivity contribution in [1.82, 2.24) is 4.98 Å². The molecule has 0 saturated carbocycles. The summed E-state index contributed by atoms with van der Waals surface area (Å²) in [6, 6.07) is 2.22. The number of hydrogen-bond donors (Lipinski definition) is 0. The zero-order valence-corrected chi connectivity index (χ0v) is 12.6. The molecule has 0 spiro atoms. The lowest BCUT2D eigenvalue weighted by molar-refractivity contribution is 0.328. The summed E-state index contributed by atoms with van der Waals surface area (Å²) in [5.41, 5.74) is 1.11. The van der Waals surface area contributed by atoms with E-state index < -0.39 is 0 Å². The molecule has 0 aromatic carbocycles. The second-order valence-electron chi connectivity index (χ2n) is 5.44. The summed E-state index contributed by atoms with van der Waals surface area (Å²) in [5.74, 6) is 1.24. The molecule has 0 aliphatic rings. The summed E-state index contributed by atoms with van der Waals surface area (Å²) >= 11 is 12.0. The van der Waals surface area contributed by atoms with Crippen LogP contribution in [0.1, 0.15) is 33.3 Å². The van der Waals surface area contributed by atoms with Crippen LogP contribution < -0.4 is 4.90 Å². The van der Waals surface area contributed by atoms with Crippen molar-refractivity contribution in [3.63, 3.8) is 0 Å². The molecule has 1 heterocycles. The number of anilines is 1. The zero-order chi connectivity index (χ0) is 13.2. The predicted molar refractivity (Wildman–Crippen MR) is 76.1 cm³/mol. The molecule has 17 heavy (non-hydrogen) atoms. The molecule has 2 nitrogen and oxygen atoms in total. The number of rotatable bonds is 3. The average Bonchev–Trinajstić information content (AvgIpc) is 2.25. The topological polar surface area (TPSA) is 16.1 Å². The van der Waals surface area contributed by atoms with E-state index in [0.29, 0.717) is 16.9 Å². The van der Waals surface area contributed by atoms with Crippen molar-refractivity contribution in [2.24, 2.45) is 5.41 Å². The maximum atomic E-state index is 6.23. The molecular formula is C13H20Cl2N2. The number of halogens is 2. The number of hydrogen-bond acceptors (Lipinski definition) is 2. The molecule has 0 bridgehead atoms. The van der Waals surface area contributed by atoms with E-state index in [-0.39, 0.29) is 5.41 Å². The van der Waals surface area contributed by atoms with Crippen molar-refractivity contribution in [3.8, 4) is 0 Å². The van der Waals surface area contributed by atoms with Gasteiger partial charge in [0.25, 0.3) is 0 Å². The van der Waals surface area contributed by atoms with Crippen LogP contribution in [0.3, 0.4) is 0 Å². The van der Waals surface area contributed by atoms with Crippen LogP contribution in [-0.2, 0) is 5.88 Å². The Labute approximate surface area is 114 Å². The van der Waals surface area contributed by atoms with Crippen molar-refractivity contribution >= 4 is 29.0 Å². The van der Waals surface area contributed by atoms with Gasteiger partial charge in [-0.25, -0.2) is 4.98 Å². The van der Waals surface area contributed by atoms with E-state index in [1.807, 2.05) is 13.1 Å². The van der Waals surface area contributed by atoms with Crippen LogP contribution >= 0.6 is 23.2 Å². The third kappa shape index (κ3) is 3.49. The molecule has 0 aliphatic heterocycles. The van der Waals surface area contributed by atoms with Crippen LogP contribution in [-0.4, -0.2) is 18.1 Å². The van der Waals surface area contributed by atoms with Gasteiger partial charge in [-0.2, -0.15) is 0 Å². The lowest BCUT2D eigenvalue weighted by Crippen LogP contribution is -2.40. The van der Waals surface area contributed by atoms with E-state index in [2.05, 4.69) is 37.6 Å². The third-order valence-corrected chi connectivity index (χ3v) is 3.79. The molecule has 0 radical (unpaired) electrons. The van der Waals surface area contributed by atoms with Gasteiger partial charge in [0, 0.05) is 25.2 Å². The van der Waals surface area contributed by atoms with Crippen molar-refractivity contribution in [3.05, 3.63) is 22.8 Å². The minimum atomic E-state index is 0.172. The summed E-state index contributed by atoms with van der Waals surface area (Å²) in [4.78, 5) is 6.50. The standard InChI is InChI=1S/C13H20Cl2N2/c1-9(13(2,3)4)17(5)12-11(15)6-10(7-14)8-16-12/h6,8-9H,7H2,1-5H3. The van der Waals surface area contributed by atoms with Gasteiger partial charge >= 0.3 is 0 Å². The summed E-state index contributed by atoms with van der Waals surface area (Å²) in [6.45, 7) is 8.78. The molecule has 0 saturated heterocycles. The Hall–Kier alpha value is -0.470. The highest BCUT2D eigenvalue weighted by Crippen LogP contribution is 2.30. The van der Waals surface area contributed by atoms with Crippen LogP contribution in [0.15, 0.2) is 12.3 Å². The number of nitrogens with zero attached hydrogens (tertiary/aromatic N) is 2. The van der Waals surface area contributed by atoms with E-state index in [1.54, 1.807) is 6.20 Å². The fourth-order valence-electron chi connectivity index (χ4n) is 1.57. The van der Waals surface area contributed by atoms with Crippen molar-refractivity contribution in [2.75, 3.05) is 11.9 Å². The Kier molecular flexibility index (Phi) is 4.68. The van der Waals surface area contributed by atoms with E-state index in [4.69, 9.17) is 23.2 Å². The fourth-order valence-corrected chi connectivity index (χ4v) is 2.04. The van der Waals surface area contributed by atoms with Gasteiger partial charge in [0.05, 0.1) is 5.02 Å². The van der Waals surface area contributed by atoms with Gasteiger partial charge < -0.3 is 4.90 Å². The molecule has 0 amide bonds. The fraction of sp³-hybridized carbons (Fsp3) is 0.615. The first-order chi connectivity index (χ1) is 7.77. The van der Waals surface area contributed by atoms with Gasteiger partial charge in [-0.15, -0.1) is 11.6 Å². The van der Waals surface area contributed by atoms with E-state index in [1.165, 1.54) is 0 Å². The van der Waals surface area contributed by atoms with E-state index in [9.17, 15) is 0 Å². The molecule has 1 aromatic heterocycles. The van der Waals surface area contributed by atoms with Gasteiger partial charge in [0.2, 0.25) is 0 Å². The molecule has 1 aromatic rings. The summed E-state index contributed by atoms with van der Waals surface area (Å²) in [6.07, 6.45) is 1.78. The monoisotopic (exact) mass is 274 g/mol. The Bertz CT molecular complexity index is 385. The Morgan fingerprint density at radius 3 is 2.41 bits per heavy atom. The van der Waals surface area contributed by atoms with E-state index in [0.717, 1.165) is 11.4 Å². The molecule has 0 N–H and O–H groups in total. The predicted octanol–water partition coefficient (Wildman–Crippen LogP) is 4.34. The number of alkyl halides is 1. The van der Waals surface area contributed by atoms with Gasteiger partial charge in [-0.05, 0) is 24.0 Å². The normalized spacial score (nSPS) is 13.6. The summed E-state index contributed by atoms with van der Waals surface area (Å²) in [5, 5.41) is 0.654. The van der Waals surface area contributed by atoms with Gasteiger partial charge in [0.1, 0.15) is 5.82 Å². The maximum Gasteiger partial charge on any atom is 0.147 e. The highest BCUT2D eigenvalue weighted by molar-refractivity contribution is 6.33. The Balaban J connectivity index is 3.01. The van der Waals surface area contributed by atoms with Gasteiger partial charge in [-0.1, -0.05) is 32.4 Å². The first-order valence-electron chi connectivity index (χ1n) is 5.70. The largest absolute Gasteiger partial charge is 0.355 e. The second-order valence-corrected chi connectivity index (χ2v) is 6.11. The SMILES string of the molecule is CC(N(C)c1ncc(CCl)cc1Cl)C(C)(C)C. The highest BCUT2D eigenvalue weighted by Gasteiger charge is 2.25. The van der Waals surface area contributed by atoms with Crippen molar-refractivity contribution in [2.45, 2.75) is 39.6 Å². The quantitative estimate of drug-likeness (QED) is 0.763. The van der Waals surface area contributed by atoms with Crippen molar-refractivity contribution in [1.29, 1.82) is 0 Å². The summed E-state index contributed by atoms with van der Waals surface area (Å²) in [7, 11) is 2.02. The molecular weight excluding hydrogens is 255 g/mol. The molecule has 1 rings (SSSR count). The second kappa shape index (κ2) is 5.45.